The van der Waals surface area contributed by atoms with Crippen LogP contribution in [0.25, 0.3) is 16.6 Å². The van der Waals surface area contributed by atoms with E-state index < -0.39 is 6.09 Å². The standard InChI is InChI=1S/C17H13ClN2O3/c1-19(17(22)23)15-10-20(12-5-3-2-4-6-12)14-9-11(18)7-8-13(14)16(15)21/h2-10H,1H3,(H,22,23). The third-order valence-electron chi connectivity index (χ3n) is 3.63. The highest BCUT2D eigenvalue weighted by Gasteiger charge is 2.17. The molecule has 3 rings (SSSR count). The van der Waals surface area contributed by atoms with E-state index in [9.17, 15) is 14.7 Å². The van der Waals surface area contributed by atoms with E-state index in [1.165, 1.54) is 13.2 Å². The van der Waals surface area contributed by atoms with Gasteiger partial charge in [0.25, 0.3) is 0 Å². The Balaban J connectivity index is 2.41. The quantitative estimate of drug-likeness (QED) is 0.779. The zero-order chi connectivity index (χ0) is 16.6. The number of rotatable bonds is 2. The number of fused-ring (bicyclic) bond motifs is 1. The smallest absolute Gasteiger partial charge is 0.411 e. The third kappa shape index (κ3) is 2.66. The van der Waals surface area contributed by atoms with Crippen LogP contribution in [0.15, 0.2) is 59.5 Å². The molecular weight excluding hydrogens is 316 g/mol. The average molecular weight is 329 g/mol. The molecule has 0 radical (unpaired) electrons. The van der Waals surface area contributed by atoms with Gasteiger partial charge in [-0.3, -0.25) is 9.69 Å². The Bertz CT molecular complexity index is 951. The van der Waals surface area contributed by atoms with Crippen LogP contribution in [0.5, 0.6) is 0 Å². The lowest BCUT2D eigenvalue weighted by atomic mass is 10.1. The Kier molecular flexibility index (Phi) is 3.80. The Hall–Kier alpha value is -2.79. The fourth-order valence-electron chi connectivity index (χ4n) is 2.43. The summed E-state index contributed by atoms with van der Waals surface area (Å²) < 4.78 is 1.76. The number of carboxylic acid groups (broad SMARTS) is 1. The Morgan fingerprint density at radius 2 is 1.87 bits per heavy atom. The van der Waals surface area contributed by atoms with E-state index >= 15 is 0 Å². The summed E-state index contributed by atoms with van der Waals surface area (Å²) in [6.45, 7) is 0. The number of halogens is 1. The number of aromatic nitrogens is 1. The Morgan fingerprint density at radius 1 is 1.17 bits per heavy atom. The summed E-state index contributed by atoms with van der Waals surface area (Å²) in [5.74, 6) is 0. The number of amides is 1. The van der Waals surface area contributed by atoms with Crippen molar-refractivity contribution in [3.8, 4) is 5.69 Å². The maximum atomic E-state index is 12.6. The Labute approximate surface area is 137 Å². The molecule has 0 unspecified atom stereocenters. The maximum absolute atomic E-state index is 12.6. The molecule has 0 aliphatic heterocycles. The summed E-state index contributed by atoms with van der Waals surface area (Å²) in [6, 6.07) is 14.3. The minimum absolute atomic E-state index is 0.0798. The maximum Gasteiger partial charge on any atom is 0.411 e. The number of hydrogen-bond acceptors (Lipinski definition) is 2. The Morgan fingerprint density at radius 3 is 2.52 bits per heavy atom. The number of benzene rings is 2. The van der Waals surface area contributed by atoms with Crippen molar-refractivity contribution in [2.24, 2.45) is 0 Å². The summed E-state index contributed by atoms with van der Waals surface area (Å²) in [5.41, 5.74) is 1.15. The van der Waals surface area contributed by atoms with Crippen molar-refractivity contribution in [1.29, 1.82) is 0 Å². The van der Waals surface area contributed by atoms with E-state index in [-0.39, 0.29) is 11.1 Å². The first-order valence-electron chi connectivity index (χ1n) is 6.86. The van der Waals surface area contributed by atoms with Gasteiger partial charge in [-0.1, -0.05) is 29.8 Å². The molecule has 0 fully saturated rings. The van der Waals surface area contributed by atoms with Crippen LogP contribution in [-0.4, -0.2) is 22.8 Å². The summed E-state index contributed by atoms with van der Waals surface area (Å²) in [4.78, 5) is 24.8. The molecule has 0 aliphatic carbocycles. The van der Waals surface area contributed by atoms with Gasteiger partial charge >= 0.3 is 6.09 Å². The van der Waals surface area contributed by atoms with Crippen molar-refractivity contribution < 1.29 is 9.90 Å². The zero-order valence-electron chi connectivity index (χ0n) is 12.2. The van der Waals surface area contributed by atoms with Gasteiger partial charge in [-0.2, -0.15) is 0 Å². The van der Waals surface area contributed by atoms with Crippen LogP contribution in [0.2, 0.25) is 5.02 Å². The predicted octanol–water partition coefficient (Wildman–Crippen LogP) is 3.76. The number of anilines is 1. The van der Waals surface area contributed by atoms with E-state index in [4.69, 9.17) is 11.6 Å². The third-order valence-corrected chi connectivity index (χ3v) is 3.87. The molecular formula is C17H13ClN2O3. The summed E-state index contributed by atoms with van der Waals surface area (Å²) >= 11 is 6.06. The number of nitrogens with zero attached hydrogens (tertiary/aromatic N) is 2. The highest BCUT2D eigenvalue weighted by Crippen LogP contribution is 2.23. The first kappa shape index (κ1) is 15.1. The minimum atomic E-state index is -1.20. The first-order valence-corrected chi connectivity index (χ1v) is 7.24. The van der Waals surface area contributed by atoms with Crippen LogP contribution in [0.1, 0.15) is 0 Å². The fraction of sp³-hybridized carbons (Fsp3) is 0.0588. The average Bonchev–Trinajstić information content (AvgIpc) is 2.55. The van der Waals surface area contributed by atoms with Gasteiger partial charge in [0, 0.05) is 29.3 Å². The van der Waals surface area contributed by atoms with E-state index in [2.05, 4.69) is 0 Å². The van der Waals surface area contributed by atoms with Crippen molar-refractivity contribution in [1.82, 2.24) is 4.57 Å². The van der Waals surface area contributed by atoms with Crippen LogP contribution in [0.4, 0.5) is 10.5 Å². The monoisotopic (exact) mass is 328 g/mol. The molecule has 0 aliphatic rings. The first-order chi connectivity index (χ1) is 11.0. The highest BCUT2D eigenvalue weighted by molar-refractivity contribution is 6.31. The SMILES string of the molecule is CN(C(=O)O)c1cn(-c2ccccc2)c2cc(Cl)ccc2c1=O. The van der Waals surface area contributed by atoms with Crippen molar-refractivity contribution in [2.75, 3.05) is 11.9 Å². The summed E-state index contributed by atoms with van der Waals surface area (Å²) in [6.07, 6.45) is 0.319. The van der Waals surface area contributed by atoms with Crippen LogP contribution in [0, 0.1) is 0 Å². The summed E-state index contributed by atoms with van der Waals surface area (Å²) in [7, 11) is 1.34. The molecule has 0 atom stereocenters. The molecule has 1 N–H and O–H groups in total. The van der Waals surface area contributed by atoms with E-state index in [1.54, 1.807) is 22.8 Å². The second kappa shape index (κ2) is 5.78. The van der Waals surface area contributed by atoms with Gasteiger partial charge < -0.3 is 9.67 Å². The fourth-order valence-corrected chi connectivity index (χ4v) is 2.60. The normalized spacial score (nSPS) is 10.7. The number of pyridine rings is 1. The molecule has 0 saturated carbocycles. The number of para-hydroxylation sites is 1. The molecule has 6 heteroatoms. The van der Waals surface area contributed by atoms with Gasteiger partial charge in [-0.05, 0) is 30.3 Å². The molecule has 23 heavy (non-hydrogen) atoms. The highest BCUT2D eigenvalue weighted by atomic mass is 35.5. The molecule has 1 amide bonds. The van der Waals surface area contributed by atoms with E-state index in [1.807, 2.05) is 30.3 Å². The number of carbonyl (C=O) groups is 1. The van der Waals surface area contributed by atoms with Crippen LogP contribution < -0.4 is 10.3 Å². The van der Waals surface area contributed by atoms with Gasteiger partial charge in [0.15, 0.2) is 0 Å². The van der Waals surface area contributed by atoms with Gasteiger partial charge in [0.05, 0.1) is 5.52 Å². The lowest BCUT2D eigenvalue weighted by Gasteiger charge is -2.18. The van der Waals surface area contributed by atoms with E-state index in [0.29, 0.717) is 15.9 Å². The molecule has 5 nitrogen and oxygen atoms in total. The largest absolute Gasteiger partial charge is 0.465 e. The molecule has 0 bridgehead atoms. The summed E-state index contributed by atoms with van der Waals surface area (Å²) in [5, 5.41) is 10.1. The van der Waals surface area contributed by atoms with Gasteiger partial charge in [-0.25, -0.2) is 4.79 Å². The molecule has 0 spiro atoms. The van der Waals surface area contributed by atoms with Crippen molar-refractivity contribution in [2.45, 2.75) is 0 Å². The molecule has 2 aromatic carbocycles. The second-order valence-corrected chi connectivity index (χ2v) is 5.49. The molecule has 1 heterocycles. The molecule has 0 saturated heterocycles. The van der Waals surface area contributed by atoms with Crippen LogP contribution in [0.3, 0.4) is 0 Å². The van der Waals surface area contributed by atoms with Crippen LogP contribution >= 0.6 is 11.6 Å². The molecule has 1 aromatic heterocycles. The van der Waals surface area contributed by atoms with Crippen molar-refractivity contribution >= 4 is 34.3 Å². The molecule has 3 aromatic rings. The van der Waals surface area contributed by atoms with Crippen molar-refractivity contribution in [3.05, 3.63) is 70.0 Å². The predicted molar refractivity (Wildman–Crippen MR) is 91.0 cm³/mol. The lowest BCUT2D eigenvalue weighted by Crippen LogP contribution is -2.29. The minimum Gasteiger partial charge on any atom is -0.465 e. The van der Waals surface area contributed by atoms with Crippen molar-refractivity contribution in [3.63, 3.8) is 0 Å². The topological polar surface area (TPSA) is 62.5 Å². The molecule has 116 valence electrons. The zero-order valence-corrected chi connectivity index (χ0v) is 13.0. The number of hydrogen-bond donors (Lipinski definition) is 1. The van der Waals surface area contributed by atoms with Crippen LogP contribution in [-0.2, 0) is 0 Å². The van der Waals surface area contributed by atoms with Gasteiger partial charge in [0.2, 0.25) is 5.43 Å². The second-order valence-electron chi connectivity index (χ2n) is 5.05. The van der Waals surface area contributed by atoms with Gasteiger partial charge in [0.1, 0.15) is 5.69 Å². The van der Waals surface area contributed by atoms with Gasteiger partial charge in [-0.15, -0.1) is 0 Å². The van der Waals surface area contributed by atoms with E-state index in [0.717, 1.165) is 10.6 Å². The lowest BCUT2D eigenvalue weighted by molar-refractivity contribution is 0.203.